The van der Waals surface area contributed by atoms with Crippen molar-refractivity contribution in [2.75, 3.05) is 0 Å². The second-order valence-electron chi connectivity index (χ2n) is 6.47. The van der Waals surface area contributed by atoms with Crippen LogP contribution in [0.1, 0.15) is 40.7 Å². The Hall–Kier alpha value is -3.02. The van der Waals surface area contributed by atoms with E-state index < -0.39 is 17.5 Å². The van der Waals surface area contributed by atoms with Gasteiger partial charge in [-0.2, -0.15) is 0 Å². The molecule has 0 radical (unpaired) electrons. The molecule has 0 aliphatic carbocycles. The summed E-state index contributed by atoms with van der Waals surface area (Å²) in [5, 5.41) is 0. The Morgan fingerprint density at radius 2 is 2.00 bits per heavy atom. The number of hydrogen-bond donors (Lipinski definition) is 1. The summed E-state index contributed by atoms with van der Waals surface area (Å²) in [5.41, 5.74) is 9.94. The second kappa shape index (κ2) is 7.70. The maximum absolute atomic E-state index is 13.6. The lowest BCUT2D eigenvalue weighted by atomic mass is 9.99. The lowest BCUT2D eigenvalue weighted by Crippen LogP contribution is -2.13. The SMILES string of the molecule is CCCc1c(-c2cccnc2)c(C(N)=O)c(C)n1Cc1ccc(F)c(F)c1. The van der Waals surface area contributed by atoms with Crippen LogP contribution in [0, 0.1) is 18.6 Å². The van der Waals surface area contributed by atoms with Crippen LogP contribution in [-0.2, 0) is 13.0 Å². The number of hydrogen-bond acceptors (Lipinski definition) is 2. The molecule has 0 saturated carbocycles. The fourth-order valence-corrected chi connectivity index (χ4v) is 3.45. The predicted molar refractivity (Wildman–Crippen MR) is 100 cm³/mol. The van der Waals surface area contributed by atoms with Crippen molar-refractivity contribution in [2.45, 2.75) is 33.2 Å². The van der Waals surface area contributed by atoms with Gasteiger partial charge in [-0.1, -0.05) is 25.5 Å². The van der Waals surface area contributed by atoms with Crippen LogP contribution < -0.4 is 5.73 Å². The van der Waals surface area contributed by atoms with E-state index in [0.29, 0.717) is 29.8 Å². The topological polar surface area (TPSA) is 60.9 Å². The summed E-state index contributed by atoms with van der Waals surface area (Å²) < 4.78 is 28.9. The normalized spacial score (nSPS) is 11.0. The molecule has 3 rings (SSSR count). The third-order valence-corrected chi connectivity index (χ3v) is 4.64. The maximum Gasteiger partial charge on any atom is 0.251 e. The minimum Gasteiger partial charge on any atom is -0.366 e. The highest BCUT2D eigenvalue weighted by Crippen LogP contribution is 2.33. The van der Waals surface area contributed by atoms with Crippen molar-refractivity contribution in [3.8, 4) is 11.1 Å². The summed E-state index contributed by atoms with van der Waals surface area (Å²) in [6.45, 7) is 4.18. The lowest BCUT2D eigenvalue weighted by Gasteiger charge is -2.13. The smallest absolute Gasteiger partial charge is 0.251 e. The van der Waals surface area contributed by atoms with E-state index in [1.807, 2.05) is 24.5 Å². The van der Waals surface area contributed by atoms with E-state index in [1.54, 1.807) is 24.5 Å². The van der Waals surface area contributed by atoms with Gasteiger partial charge in [-0.05, 0) is 37.1 Å². The van der Waals surface area contributed by atoms with Gasteiger partial charge in [0.2, 0.25) is 0 Å². The van der Waals surface area contributed by atoms with Gasteiger partial charge in [0.15, 0.2) is 11.6 Å². The molecule has 0 aliphatic heterocycles. The average molecular weight is 369 g/mol. The van der Waals surface area contributed by atoms with E-state index in [-0.39, 0.29) is 0 Å². The molecule has 27 heavy (non-hydrogen) atoms. The molecule has 1 amide bonds. The van der Waals surface area contributed by atoms with Crippen molar-refractivity contribution in [3.63, 3.8) is 0 Å². The monoisotopic (exact) mass is 369 g/mol. The predicted octanol–water partition coefficient (Wildman–Crippen LogP) is 4.24. The molecule has 2 N–H and O–H groups in total. The zero-order chi connectivity index (χ0) is 19.6. The van der Waals surface area contributed by atoms with E-state index in [4.69, 9.17) is 5.73 Å². The molecule has 6 heteroatoms. The quantitative estimate of drug-likeness (QED) is 0.707. The van der Waals surface area contributed by atoms with Crippen LogP contribution in [0.4, 0.5) is 8.78 Å². The van der Waals surface area contributed by atoms with Crippen LogP contribution in [0.25, 0.3) is 11.1 Å². The van der Waals surface area contributed by atoms with Crippen molar-refractivity contribution in [2.24, 2.45) is 5.73 Å². The summed E-state index contributed by atoms with van der Waals surface area (Å²) >= 11 is 0. The van der Waals surface area contributed by atoms with E-state index >= 15 is 0 Å². The molecule has 2 aromatic heterocycles. The molecule has 0 fully saturated rings. The Kier molecular flexibility index (Phi) is 5.35. The molecule has 0 aliphatic rings. The number of carbonyl (C=O) groups excluding carboxylic acids is 1. The summed E-state index contributed by atoms with van der Waals surface area (Å²) in [7, 11) is 0. The zero-order valence-electron chi connectivity index (χ0n) is 15.3. The molecule has 3 aromatic rings. The minimum absolute atomic E-state index is 0.318. The van der Waals surface area contributed by atoms with Crippen LogP contribution in [0.15, 0.2) is 42.7 Å². The number of amides is 1. The number of rotatable bonds is 6. The van der Waals surface area contributed by atoms with Crippen molar-refractivity contribution < 1.29 is 13.6 Å². The molecule has 140 valence electrons. The Balaban J connectivity index is 2.21. The zero-order valence-corrected chi connectivity index (χ0v) is 15.3. The molecule has 0 bridgehead atoms. The first-order valence-corrected chi connectivity index (χ1v) is 8.80. The van der Waals surface area contributed by atoms with Crippen molar-refractivity contribution in [1.29, 1.82) is 0 Å². The van der Waals surface area contributed by atoms with E-state index in [2.05, 4.69) is 4.98 Å². The average Bonchev–Trinajstić information content (AvgIpc) is 2.92. The third kappa shape index (κ3) is 3.60. The lowest BCUT2D eigenvalue weighted by molar-refractivity contribution is 0.1000. The fourth-order valence-electron chi connectivity index (χ4n) is 3.45. The van der Waals surface area contributed by atoms with Gasteiger partial charge in [-0.3, -0.25) is 9.78 Å². The maximum atomic E-state index is 13.6. The number of primary amides is 1. The van der Waals surface area contributed by atoms with Crippen LogP contribution in [0.2, 0.25) is 0 Å². The van der Waals surface area contributed by atoms with Gasteiger partial charge in [0.05, 0.1) is 5.56 Å². The van der Waals surface area contributed by atoms with Gasteiger partial charge < -0.3 is 10.3 Å². The Morgan fingerprint density at radius 1 is 1.22 bits per heavy atom. The molecule has 0 saturated heterocycles. The fraction of sp³-hybridized carbons (Fsp3) is 0.238. The largest absolute Gasteiger partial charge is 0.366 e. The van der Waals surface area contributed by atoms with E-state index in [9.17, 15) is 13.6 Å². The first-order chi connectivity index (χ1) is 12.9. The summed E-state index contributed by atoms with van der Waals surface area (Å²) in [4.78, 5) is 16.4. The van der Waals surface area contributed by atoms with Crippen LogP contribution >= 0.6 is 0 Å². The first kappa shape index (κ1) is 18.8. The van der Waals surface area contributed by atoms with Crippen molar-refractivity contribution >= 4 is 5.91 Å². The van der Waals surface area contributed by atoms with Gasteiger partial charge in [-0.15, -0.1) is 0 Å². The van der Waals surface area contributed by atoms with Gasteiger partial charge in [0.25, 0.3) is 5.91 Å². The highest BCUT2D eigenvalue weighted by Gasteiger charge is 2.24. The van der Waals surface area contributed by atoms with Gasteiger partial charge in [0, 0.05) is 41.5 Å². The van der Waals surface area contributed by atoms with Gasteiger partial charge >= 0.3 is 0 Å². The van der Waals surface area contributed by atoms with Crippen LogP contribution in [0.3, 0.4) is 0 Å². The first-order valence-electron chi connectivity index (χ1n) is 8.80. The van der Waals surface area contributed by atoms with Gasteiger partial charge in [-0.25, -0.2) is 8.78 Å². The highest BCUT2D eigenvalue weighted by molar-refractivity contribution is 6.02. The molecule has 2 heterocycles. The summed E-state index contributed by atoms with van der Waals surface area (Å²) in [6.07, 6.45) is 4.93. The number of pyridine rings is 1. The molecular formula is C21H21F2N3O. The Morgan fingerprint density at radius 3 is 2.59 bits per heavy atom. The molecular weight excluding hydrogens is 348 g/mol. The minimum atomic E-state index is -0.892. The number of carbonyl (C=O) groups is 1. The number of benzene rings is 1. The molecule has 4 nitrogen and oxygen atoms in total. The Labute approximate surface area is 156 Å². The van der Waals surface area contributed by atoms with Crippen molar-refractivity contribution in [1.82, 2.24) is 9.55 Å². The number of nitrogens with zero attached hydrogens (tertiary/aromatic N) is 2. The molecule has 1 aromatic carbocycles. The third-order valence-electron chi connectivity index (χ3n) is 4.64. The van der Waals surface area contributed by atoms with E-state index in [0.717, 1.165) is 29.3 Å². The summed E-state index contributed by atoms with van der Waals surface area (Å²) in [6, 6.07) is 7.52. The van der Waals surface area contributed by atoms with E-state index in [1.165, 1.54) is 6.07 Å². The molecule has 0 unspecified atom stereocenters. The van der Waals surface area contributed by atoms with Crippen molar-refractivity contribution in [3.05, 3.63) is 76.9 Å². The number of aromatic nitrogens is 2. The summed E-state index contributed by atoms with van der Waals surface area (Å²) in [5.74, 6) is -2.30. The Bertz CT molecular complexity index is 981. The number of nitrogens with two attached hydrogens (primary N) is 1. The highest BCUT2D eigenvalue weighted by atomic mass is 19.2. The van der Waals surface area contributed by atoms with Crippen LogP contribution in [0.5, 0.6) is 0 Å². The molecule has 0 atom stereocenters. The number of halogens is 2. The van der Waals surface area contributed by atoms with Gasteiger partial charge in [0.1, 0.15) is 0 Å². The molecule has 0 spiro atoms. The standard InChI is InChI=1S/C21H21F2N3O/c1-3-5-18-20(15-6-4-9-25-11-15)19(21(24)27)13(2)26(18)12-14-7-8-16(22)17(23)10-14/h4,6-11H,3,5,12H2,1-2H3,(H2,24,27). The van der Waals surface area contributed by atoms with Crippen LogP contribution in [-0.4, -0.2) is 15.5 Å². The second-order valence-corrected chi connectivity index (χ2v) is 6.47.